The first-order chi connectivity index (χ1) is 9.42. The molecule has 2 unspecified atom stereocenters. The Bertz CT molecular complexity index is 709. The van der Waals surface area contributed by atoms with E-state index in [1.165, 1.54) is 0 Å². The van der Waals surface area contributed by atoms with Gasteiger partial charge >= 0.3 is 0 Å². The fourth-order valence-corrected chi connectivity index (χ4v) is 4.98. The molecule has 4 fully saturated rings. The molecule has 20 heavy (non-hydrogen) atoms. The number of carbonyl (C=O) groups is 1. The summed E-state index contributed by atoms with van der Waals surface area (Å²) in [5, 5.41) is -1.21. The van der Waals surface area contributed by atoms with Crippen LogP contribution in [0.15, 0.2) is 24.3 Å². The van der Waals surface area contributed by atoms with E-state index in [2.05, 4.69) is 0 Å². The molecule has 1 amide bonds. The highest BCUT2D eigenvalue weighted by Crippen LogP contribution is 2.44. The Morgan fingerprint density at radius 3 is 2.65 bits per heavy atom. The van der Waals surface area contributed by atoms with Gasteiger partial charge in [0.25, 0.3) is 0 Å². The predicted octanol–water partition coefficient (Wildman–Crippen LogP) is 0.537. The fraction of sp³-hybridized carbons (Fsp3) is 0.500. The molecular weight excluding hydrogens is 276 g/mol. The lowest BCUT2D eigenvalue weighted by molar-refractivity contribution is -0.119. The number of hydrogen-bond acceptors (Lipinski definition) is 4. The van der Waals surface area contributed by atoms with Crippen LogP contribution < -0.4 is 10.6 Å². The SMILES string of the molecule is NC1(c2cccc(N3CC4CC(C3=O)S4(=O)=O)c2)CC1. The van der Waals surface area contributed by atoms with Crippen molar-refractivity contribution in [3.05, 3.63) is 29.8 Å². The highest BCUT2D eigenvalue weighted by Gasteiger charge is 2.57. The van der Waals surface area contributed by atoms with Gasteiger partial charge in [0.05, 0.1) is 5.25 Å². The molecule has 5 rings (SSSR count). The summed E-state index contributed by atoms with van der Waals surface area (Å²) in [6.45, 7) is 0.276. The van der Waals surface area contributed by atoms with Crippen LogP contribution in [0.5, 0.6) is 0 Å². The summed E-state index contributed by atoms with van der Waals surface area (Å²) in [5.74, 6) is -0.286. The van der Waals surface area contributed by atoms with Crippen LogP contribution in [0.1, 0.15) is 24.8 Å². The second kappa shape index (κ2) is 3.62. The van der Waals surface area contributed by atoms with E-state index in [-0.39, 0.29) is 23.2 Å². The van der Waals surface area contributed by atoms with Crippen LogP contribution in [-0.2, 0) is 20.2 Å². The van der Waals surface area contributed by atoms with E-state index in [1.54, 1.807) is 4.90 Å². The zero-order valence-corrected chi connectivity index (χ0v) is 11.8. The second-order valence-electron chi connectivity index (χ2n) is 6.09. The number of amides is 1. The van der Waals surface area contributed by atoms with E-state index >= 15 is 0 Å². The molecule has 1 aromatic rings. The number of hydrogen-bond donors (Lipinski definition) is 1. The third-order valence-corrected chi connectivity index (χ3v) is 7.25. The predicted molar refractivity (Wildman–Crippen MR) is 75.0 cm³/mol. The molecule has 0 spiro atoms. The summed E-state index contributed by atoms with van der Waals surface area (Å²) in [5.41, 5.74) is 7.74. The number of nitrogens with two attached hydrogens (primary N) is 1. The van der Waals surface area contributed by atoms with Gasteiger partial charge in [-0.15, -0.1) is 0 Å². The molecule has 1 aliphatic carbocycles. The zero-order chi connectivity index (χ0) is 14.1. The van der Waals surface area contributed by atoms with Gasteiger partial charge in [0.1, 0.15) is 5.25 Å². The minimum Gasteiger partial charge on any atom is -0.321 e. The van der Waals surface area contributed by atoms with E-state index in [9.17, 15) is 13.2 Å². The van der Waals surface area contributed by atoms with E-state index < -0.39 is 15.1 Å². The highest BCUT2D eigenvalue weighted by molar-refractivity contribution is 7.95. The Morgan fingerprint density at radius 2 is 2.05 bits per heavy atom. The average molecular weight is 292 g/mol. The van der Waals surface area contributed by atoms with Crippen molar-refractivity contribution in [3.63, 3.8) is 0 Å². The second-order valence-corrected chi connectivity index (χ2v) is 8.50. The first-order valence-corrected chi connectivity index (χ1v) is 8.46. The van der Waals surface area contributed by atoms with Crippen LogP contribution in [0.3, 0.4) is 0 Å². The van der Waals surface area contributed by atoms with Crippen molar-refractivity contribution >= 4 is 21.4 Å². The molecule has 3 aliphatic heterocycles. The van der Waals surface area contributed by atoms with Crippen LogP contribution in [-0.4, -0.2) is 31.4 Å². The number of rotatable bonds is 2. The fourth-order valence-electron chi connectivity index (χ4n) is 3.14. The maximum atomic E-state index is 12.3. The van der Waals surface area contributed by atoms with Gasteiger partial charge in [0.2, 0.25) is 5.91 Å². The van der Waals surface area contributed by atoms with E-state index in [0.717, 1.165) is 24.1 Å². The number of sulfone groups is 1. The lowest BCUT2D eigenvalue weighted by Gasteiger charge is -2.45. The molecule has 4 aliphatic rings. The topological polar surface area (TPSA) is 80.5 Å². The summed E-state index contributed by atoms with van der Waals surface area (Å²) in [6, 6.07) is 7.65. The number of piperidine rings is 1. The van der Waals surface area contributed by atoms with E-state index in [1.807, 2.05) is 24.3 Å². The van der Waals surface area contributed by atoms with Gasteiger partial charge in [-0.2, -0.15) is 0 Å². The molecule has 0 radical (unpaired) electrons. The molecule has 0 aromatic heterocycles. The monoisotopic (exact) mass is 292 g/mol. The Morgan fingerprint density at radius 1 is 1.30 bits per heavy atom. The lowest BCUT2D eigenvalue weighted by Crippen LogP contribution is -2.65. The maximum Gasteiger partial charge on any atom is 0.245 e. The van der Waals surface area contributed by atoms with Crippen molar-refractivity contribution in [2.24, 2.45) is 5.73 Å². The van der Waals surface area contributed by atoms with Crippen molar-refractivity contribution in [2.45, 2.75) is 35.3 Å². The quantitative estimate of drug-likeness (QED) is 0.862. The van der Waals surface area contributed by atoms with Crippen molar-refractivity contribution in [2.75, 3.05) is 11.4 Å². The van der Waals surface area contributed by atoms with Gasteiger partial charge < -0.3 is 10.6 Å². The molecule has 3 saturated heterocycles. The van der Waals surface area contributed by atoms with Crippen molar-refractivity contribution in [1.29, 1.82) is 0 Å². The molecule has 3 heterocycles. The van der Waals surface area contributed by atoms with Gasteiger partial charge in [-0.05, 0) is 37.0 Å². The van der Waals surface area contributed by atoms with Crippen LogP contribution in [0, 0.1) is 0 Å². The molecule has 1 aromatic carbocycles. The van der Waals surface area contributed by atoms with Gasteiger partial charge in [0.15, 0.2) is 9.84 Å². The molecule has 1 saturated carbocycles. The number of anilines is 1. The zero-order valence-electron chi connectivity index (χ0n) is 11.0. The summed E-state index contributed by atoms with van der Waals surface area (Å²) in [7, 11) is -3.20. The van der Waals surface area contributed by atoms with Gasteiger partial charge in [-0.25, -0.2) is 8.42 Å². The smallest absolute Gasteiger partial charge is 0.245 e. The third kappa shape index (κ3) is 1.52. The Balaban J connectivity index is 1.68. The molecule has 106 valence electrons. The first kappa shape index (κ1) is 12.3. The lowest BCUT2D eigenvalue weighted by atomic mass is 10.0. The number of fused-ring (bicyclic) bond motifs is 2. The minimum absolute atomic E-state index is 0.246. The summed E-state index contributed by atoms with van der Waals surface area (Å²) < 4.78 is 23.6. The molecule has 2 bridgehead atoms. The van der Waals surface area contributed by atoms with Gasteiger partial charge in [0, 0.05) is 17.8 Å². The molecular formula is C14H16N2O3S. The maximum absolute atomic E-state index is 12.3. The van der Waals surface area contributed by atoms with E-state index in [4.69, 9.17) is 5.73 Å². The number of nitrogens with zero attached hydrogens (tertiary/aromatic N) is 1. The van der Waals surface area contributed by atoms with Crippen molar-refractivity contribution < 1.29 is 13.2 Å². The van der Waals surface area contributed by atoms with Crippen LogP contribution >= 0.6 is 0 Å². The van der Waals surface area contributed by atoms with Crippen LogP contribution in [0.25, 0.3) is 0 Å². The number of benzene rings is 1. The third-order valence-electron chi connectivity index (χ3n) is 4.79. The average Bonchev–Trinajstić information content (AvgIpc) is 3.18. The van der Waals surface area contributed by atoms with Gasteiger partial charge in [-0.1, -0.05) is 12.1 Å². The number of carbonyl (C=O) groups excluding carboxylic acids is 1. The van der Waals surface area contributed by atoms with Crippen LogP contribution in [0.2, 0.25) is 0 Å². The largest absolute Gasteiger partial charge is 0.321 e. The Kier molecular flexibility index (Phi) is 2.24. The standard InChI is InChI=1S/C14H16N2O3S/c15-14(4-5-14)9-2-1-3-10(6-9)16-8-11-7-12(13(16)17)20(11,18)19/h1-3,6,11-12H,4-5,7-8,15H2. The van der Waals surface area contributed by atoms with Crippen molar-refractivity contribution in [3.8, 4) is 0 Å². The molecule has 6 heteroatoms. The summed E-state index contributed by atoms with van der Waals surface area (Å²) in [4.78, 5) is 13.9. The summed E-state index contributed by atoms with van der Waals surface area (Å²) >= 11 is 0. The normalized spacial score (nSPS) is 32.6. The Hall–Kier alpha value is -1.40. The van der Waals surface area contributed by atoms with E-state index in [0.29, 0.717) is 6.42 Å². The van der Waals surface area contributed by atoms with Crippen molar-refractivity contribution in [1.82, 2.24) is 0 Å². The first-order valence-electron chi connectivity index (χ1n) is 6.85. The highest BCUT2D eigenvalue weighted by atomic mass is 32.2. The molecule has 5 nitrogen and oxygen atoms in total. The van der Waals surface area contributed by atoms with Gasteiger partial charge in [-0.3, -0.25) is 4.79 Å². The summed E-state index contributed by atoms with van der Waals surface area (Å²) in [6.07, 6.45) is 2.41. The minimum atomic E-state index is -3.20. The molecule has 2 N–H and O–H groups in total. The Labute approximate surface area is 117 Å². The van der Waals surface area contributed by atoms with Crippen LogP contribution in [0.4, 0.5) is 5.69 Å². The molecule has 2 atom stereocenters.